The molecule has 0 saturated carbocycles. The fourth-order valence-electron chi connectivity index (χ4n) is 1.50. The van der Waals surface area contributed by atoms with Gasteiger partial charge in [0.05, 0.1) is 17.2 Å². The van der Waals surface area contributed by atoms with Crippen LogP contribution in [0.5, 0.6) is 0 Å². The predicted molar refractivity (Wildman–Crippen MR) is 93.2 cm³/mol. The monoisotopic (exact) mass is 449 g/mol. The molecule has 22 heavy (non-hydrogen) atoms. The van der Waals surface area contributed by atoms with E-state index in [1.165, 1.54) is 7.05 Å². The molecule has 1 atom stereocenters. The lowest BCUT2D eigenvalue weighted by molar-refractivity contribution is -0.132. The number of alkyl halides is 3. The molecule has 1 aromatic carbocycles. The van der Waals surface area contributed by atoms with Gasteiger partial charge in [-0.1, -0.05) is 18.2 Å². The van der Waals surface area contributed by atoms with Gasteiger partial charge in [0.2, 0.25) is 0 Å². The molecule has 0 heterocycles. The molecule has 0 aliphatic carbocycles. The van der Waals surface area contributed by atoms with Gasteiger partial charge in [0.25, 0.3) is 0 Å². The van der Waals surface area contributed by atoms with E-state index in [1.54, 1.807) is 24.3 Å². The molecular weight excluding hydrogens is 430 g/mol. The summed E-state index contributed by atoms with van der Waals surface area (Å²) in [6.45, 7) is 0.109. The summed E-state index contributed by atoms with van der Waals surface area (Å²) >= 11 is 0. The Hall–Kier alpha value is -0.840. The fourth-order valence-corrected chi connectivity index (χ4v) is 2.48. The highest BCUT2D eigenvalue weighted by molar-refractivity contribution is 14.0. The summed E-state index contributed by atoms with van der Waals surface area (Å²) in [4.78, 5) is 4.53. The van der Waals surface area contributed by atoms with Crippen molar-refractivity contribution in [1.82, 2.24) is 10.6 Å². The molecule has 0 saturated heterocycles. The second kappa shape index (κ2) is 10.8. The molecule has 0 fully saturated rings. The lowest BCUT2D eigenvalue weighted by atomic mass is 10.4. The van der Waals surface area contributed by atoms with Gasteiger partial charge in [-0.25, -0.2) is 0 Å². The van der Waals surface area contributed by atoms with E-state index < -0.39 is 23.4 Å². The van der Waals surface area contributed by atoms with E-state index in [9.17, 15) is 17.4 Å². The SMILES string of the molecule is CN=C(NCCS(=O)c1ccccc1)NCCC(F)(F)F.I. The van der Waals surface area contributed by atoms with E-state index in [2.05, 4.69) is 15.6 Å². The van der Waals surface area contributed by atoms with Crippen LogP contribution in [0.4, 0.5) is 13.2 Å². The van der Waals surface area contributed by atoms with Gasteiger partial charge >= 0.3 is 6.18 Å². The maximum atomic E-state index is 12.0. The topological polar surface area (TPSA) is 53.5 Å². The van der Waals surface area contributed by atoms with E-state index in [1.807, 2.05) is 6.07 Å². The number of guanidine groups is 1. The Balaban J connectivity index is 0.00000441. The van der Waals surface area contributed by atoms with Crippen molar-refractivity contribution in [3.8, 4) is 0 Å². The summed E-state index contributed by atoms with van der Waals surface area (Å²) in [6, 6.07) is 8.99. The molecule has 0 radical (unpaired) electrons. The fraction of sp³-hybridized carbons (Fsp3) is 0.462. The molecule has 1 rings (SSSR count). The minimum absolute atomic E-state index is 0. The molecule has 0 aromatic heterocycles. The Morgan fingerprint density at radius 3 is 2.32 bits per heavy atom. The van der Waals surface area contributed by atoms with E-state index in [-0.39, 0.29) is 36.5 Å². The first-order chi connectivity index (χ1) is 9.92. The highest BCUT2D eigenvalue weighted by atomic mass is 127. The van der Waals surface area contributed by atoms with Gasteiger partial charge in [0.15, 0.2) is 5.96 Å². The second-order valence-corrected chi connectivity index (χ2v) is 5.72. The smallest absolute Gasteiger partial charge is 0.356 e. The standard InChI is InChI=1S/C13H18F3N3OS.HI/c1-17-12(18-8-7-13(14,15)16)19-9-10-21(20)11-5-3-2-4-6-11;/h2-6H,7-10H2,1H3,(H2,17,18,19);1H. The molecule has 0 aliphatic heterocycles. The van der Waals surface area contributed by atoms with Crippen molar-refractivity contribution >= 4 is 40.7 Å². The average Bonchev–Trinajstić information content (AvgIpc) is 2.45. The number of benzene rings is 1. The van der Waals surface area contributed by atoms with Crippen LogP contribution in [-0.4, -0.2) is 42.2 Å². The molecular formula is C13H19F3IN3OS. The van der Waals surface area contributed by atoms with Crippen LogP contribution in [0.15, 0.2) is 40.2 Å². The molecule has 9 heteroatoms. The van der Waals surface area contributed by atoms with Crippen molar-refractivity contribution in [3.63, 3.8) is 0 Å². The zero-order chi connectivity index (χ0) is 15.7. The maximum Gasteiger partial charge on any atom is 0.390 e. The van der Waals surface area contributed by atoms with Crippen molar-refractivity contribution < 1.29 is 17.4 Å². The summed E-state index contributed by atoms with van der Waals surface area (Å²) < 4.78 is 48.0. The number of halogens is 4. The van der Waals surface area contributed by atoms with Crippen LogP contribution in [0.1, 0.15) is 6.42 Å². The molecule has 0 spiro atoms. The van der Waals surface area contributed by atoms with E-state index in [0.717, 1.165) is 4.90 Å². The van der Waals surface area contributed by atoms with Crippen LogP contribution < -0.4 is 10.6 Å². The van der Waals surface area contributed by atoms with Gasteiger partial charge in [-0.2, -0.15) is 13.2 Å². The van der Waals surface area contributed by atoms with Gasteiger partial charge in [-0.15, -0.1) is 24.0 Å². The molecule has 1 aromatic rings. The zero-order valence-corrected chi connectivity index (χ0v) is 15.2. The Bertz CT molecular complexity index is 483. The van der Waals surface area contributed by atoms with Crippen molar-refractivity contribution in [2.24, 2.45) is 4.99 Å². The van der Waals surface area contributed by atoms with Crippen LogP contribution in [0.25, 0.3) is 0 Å². The summed E-state index contributed by atoms with van der Waals surface area (Å²) in [5, 5.41) is 5.39. The highest BCUT2D eigenvalue weighted by Gasteiger charge is 2.26. The van der Waals surface area contributed by atoms with Crippen molar-refractivity contribution in [1.29, 1.82) is 0 Å². The quantitative estimate of drug-likeness (QED) is 0.399. The number of hydrogen-bond donors (Lipinski definition) is 2. The number of hydrogen-bond acceptors (Lipinski definition) is 2. The van der Waals surface area contributed by atoms with Crippen molar-refractivity contribution in [2.45, 2.75) is 17.5 Å². The molecule has 1 unspecified atom stereocenters. The maximum absolute atomic E-state index is 12.0. The minimum Gasteiger partial charge on any atom is -0.356 e. The number of nitrogens with one attached hydrogen (secondary N) is 2. The molecule has 0 aliphatic rings. The van der Waals surface area contributed by atoms with Gasteiger partial charge in [0, 0.05) is 30.8 Å². The normalized spacial score (nSPS) is 13.2. The van der Waals surface area contributed by atoms with E-state index in [4.69, 9.17) is 0 Å². The second-order valence-electron chi connectivity index (χ2n) is 4.15. The molecule has 126 valence electrons. The Labute approximate surface area is 147 Å². The van der Waals surface area contributed by atoms with Crippen LogP contribution in [0.2, 0.25) is 0 Å². The Kier molecular flexibility index (Phi) is 10.4. The van der Waals surface area contributed by atoms with E-state index in [0.29, 0.717) is 12.3 Å². The summed E-state index contributed by atoms with van der Waals surface area (Å²) in [5.74, 6) is 0.619. The Morgan fingerprint density at radius 2 is 1.77 bits per heavy atom. The molecule has 0 amide bonds. The van der Waals surface area contributed by atoms with Crippen LogP contribution >= 0.6 is 24.0 Å². The van der Waals surface area contributed by atoms with Crippen LogP contribution in [0.3, 0.4) is 0 Å². The number of aliphatic imine (C=N–C) groups is 1. The Morgan fingerprint density at radius 1 is 1.18 bits per heavy atom. The molecule has 2 N–H and O–H groups in total. The van der Waals surface area contributed by atoms with Crippen molar-refractivity contribution in [2.75, 3.05) is 25.9 Å². The van der Waals surface area contributed by atoms with Crippen molar-refractivity contribution in [3.05, 3.63) is 30.3 Å². The molecule has 4 nitrogen and oxygen atoms in total. The minimum atomic E-state index is -4.19. The summed E-state index contributed by atoms with van der Waals surface area (Å²) in [7, 11) is 0.322. The van der Waals surface area contributed by atoms with E-state index >= 15 is 0 Å². The lowest BCUT2D eigenvalue weighted by Crippen LogP contribution is -2.40. The van der Waals surface area contributed by atoms with Crippen LogP contribution in [0, 0.1) is 0 Å². The van der Waals surface area contributed by atoms with Gasteiger partial charge in [-0.05, 0) is 12.1 Å². The van der Waals surface area contributed by atoms with Crippen LogP contribution in [-0.2, 0) is 10.8 Å². The third-order valence-electron chi connectivity index (χ3n) is 2.51. The average molecular weight is 449 g/mol. The third-order valence-corrected chi connectivity index (χ3v) is 3.88. The first-order valence-corrected chi connectivity index (χ1v) is 7.69. The zero-order valence-electron chi connectivity index (χ0n) is 12.0. The number of nitrogens with zero attached hydrogens (tertiary/aromatic N) is 1. The molecule has 0 bridgehead atoms. The highest BCUT2D eigenvalue weighted by Crippen LogP contribution is 2.17. The van der Waals surface area contributed by atoms with Gasteiger partial charge < -0.3 is 10.6 Å². The third kappa shape index (κ3) is 9.23. The first kappa shape index (κ1) is 21.2. The summed E-state index contributed by atoms with van der Waals surface area (Å²) in [5.41, 5.74) is 0. The number of rotatable bonds is 6. The summed E-state index contributed by atoms with van der Waals surface area (Å²) in [6.07, 6.45) is -5.12. The predicted octanol–water partition coefficient (Wildman–Crippen LogP) is 2.53. The largest absolute Gasteiger partial charge is 0.390 e. The lowest BCUT2D eigenvalue weighted by Gasteiger charge is -2.12. The first-order valence-electron chi connectivity index (χ1n) is 6.37. The van der Waals surface area contributed by atoms with Gasteiger partial charge in [-0.3, -0.25) is 9.20 Å². The van der Waals surface area contributed by atoms with Gasteiger partial charge in [0.1, 0.15) is 0 Å².